The lowest BCUT2D eigenvalue weighted by Gasteiger charge is -2.39. The molecule has 1 aliphatic heterocycles. The first kappa shape index (κ1) is 21.1. The van der Waals surface area contributed by atoms with E-state index in [1.165, 1.54) is 0 Å². The van der Waals surface area contributed by atoms with Gasteiger partial charge in [0.05, 0.1) is 16.1 Å². The zero-order valence-corrected chi connectivity index (χ0v) is 18.3. The highest BCUT2D eigenvalue weighted by atomic mass is 35.5. The summed E-state index contributed by atoms with van der Waals surface area (Å²) in [4.78, 5) is 30.8. The lowest BCUT2D eigenvalue weighted by molar-refractivity contribution is -0.150. The molecule has 150 valence electrons. The van der Waals surface area contributed by atoms with E-state index in [0.717, 1.165) is 11.3 Å². The highest BCUT2D eigenvalue weighted by molar-refractivity contribution is 6.42. The molecule has 0 saturated heterocycles. The summed E-state index contributed by atoms with van der Waals surface area (Å²) in [7, 11) is 0. The smallest absolute Gasteiger partial charge is 0.315 e. The number of Topliss-reactive ketones (excluding diaryl/α,β-unsaturated/α-hetero) is 1. The van der Waals surface area contributed by atoms with Gasteiger partial charge in [-0.05, 0) is 50.3 Å². The predicted molar refractivity (Wildman–Crippen MR) is 112 cm³/mol. The zero-order chi connectivity index (χ0) is 20.8. The number of nitrogens with zero attached hydrogens (tertiary/aromatic N) is 1. The predicted octanol–water partition coefficient (Wildman–Crippen LogP) is 5.76. The molecule has 4 nitrogen and oxygen atoms in total. The van der Waals surface area contributed by atoms with E-state index in [1.54, 1.807) is 26.0 Å². The lowest BCUT2D eigenvalue weighted by Crippen LogP contribution is -2.40. The molecule has 1 unspecified atom stereocenters. The van der Waals surface area contributed by atoms with Gasteiger partial charge in [0.25, 0.3) is 0 Å². The summed E-state index contributed by atoms with van der Waals surface area (Å²) in [5, 5.41) is 0.819. The fraction of sp³-hybridized carbons (Fsp3) is 0.500. The summed E-state index contributed by atoms with van der Waals surface area (Å²) in [5.74, 6) is -1.49. The molecule has 0 aromatic heterocycles. The quantitative estimate of drug-likeness (QED) is 0.582. The van der Waals surface area contributed by atoms with Crippen molar-refractivity contribution in [1.29, 1.82) is 0 Å². The number of allylic oxidation sites excluding steroid dienone is 2. The maximum Gasteiger partial charge on any atom is 0.315 e. The van der Waals surface area contributed by atoms with Crippen LogP contribution in [0, 0.1) is 11.3 Å². The van der Waals surface area contributed by atoms with E-state index < -0.39 is 11.8 Å². The molecule has 0 amide bonds. The van der Waals surface area contributed by atoms with Crippen LogP contribution in [0.3, 0.4) is 0 Å². The van der Waals surface area contributed by atoms with Gasteiger partial charge in [-0.1, -0.05) is 43.1 Å². The van der Waals surface area contributed by atoms with Gasteiger partial charge in [-0.3, -0.25) is 14.6 Å². The molecular weight excluding hydrogens is 397 g/mol. The van der Waals surface area contributed by atoms with Crippen LogP contribution in [0.15, 0.2) is 34.5 Å². The Morgan fingerprint density at radius 1 is 1.21 bits per heavy atom. The van der Waals surface area contributed by atoms with Crippen LogP contribution in [0.4, 0.5) is 0 Å². The van der Waals surface area contributed by atoms with E-state index in [9.17, 15) is 9.59 Å². The van der Waals surface area contributed by atoms with E-state index in [1.807, 2.05) is 13.0 Å². The van der Waals surface area contributed by atoms with Crippen molar-refractivity contribution in [2.45, 2.75) is 59.5 Å². The van der Waals surface area contributed by atoms with Crippen molar-refractivity contribution < 1.29 is 14.3 Å². The largest absolute Gasteiger partial charge is 0.462 e. The average molecular weight is 422 g/mol. The summed E-state index contributed by atoms with van der Waals surface area (Å²) in [6.45, 7) is 9.56. The molecule has 6 heteroatoms. The Balaban J connectivity index is 2.18. The Hall–Kier alpha value is -1.65. The van der Waals surface area contributed by atoms with Crippen LogP contribution >= 0.6 is 23.2 Å². The minimum absolute atomic E-state index is 0.0286. The number of carbonyl (C=O) groups is 2. The van der Waals surface area contributed by atoms with E-state index in [2.05, 4.69) is 13.8 Å². The van der Waals surface area contributed by atoms with E-state index >= 15 is 0 Å². The number of halogens is 2. The van der Waals surface area contributed by atoms with Gasteiger partial charge in [0.1, 0.15) is 5.92 Å². The topological polar surface area (TPSA) is 55.7 Å². The van der Waals surface area contributed by atoms with Crippen molar-refractivity contribution in [3.8, 4) is 0 Å². The molecule has 0 N–H and O–H groups in total. The molecule has 3 rings (SSSR count). The summed E-state index contributed by atoms with van der Waals surface area (Å²) in [5.41, 5.74) is 2.64. The van der Waals surface area contributed by atoms with Gasteiger partial charge in [-0.2, -0.15) is 0 Å². The first-order valence-electron chi connectivity index (χ1n) is 9.47. The van der Waals surface area contributed by atoms with Gasteiger partial charge >= 0.3 is 5.97 Å². The minimum Gasteiger partial charge on any atom is -0.462 e. The third kappa shape index (κ3) is 4.04. The van der Waals surface area contributed by atoms with Crippen molar-refractivity contribution in [1.82, 2.24) is 0 Å². The highest BCUT2D eigenvalue weighted by Crippen LogP contribution is 2.48. The van der Waals surface area contributed by atoms with E-state index in [4.69, 9.17) is 32.9 Å². The van der Waals surface area contributed by atoms with Gasteiger partial charge in [0, 0.05) is 29.3 Å². The Kier molecular flexibility index (Phi) is 5.75. The maximum absolute atomic E-state index is 13.1. The van der Waals surface area contributed by atoms with Crippen LogP contribution in [0.25, 0.3) is 0 Å². The second kappa shape index (κ2) is 7.64. The molecule has 28 heavy (non-hydrogen) atoms. The number of esters is 1. The van der Waals surface area contributed by atoms with Crippen LogP contribution in [-0.4, -0.2) is 23.6 Å². The van der Waals surface area contributed by atoms with Crippen molar-refractivity contribution >= 4 is 40.7 Å². The monoisotopic (exact) mass is 421 g/mol. The first-order valence-corrected chi connectivity index (χ1v) is 10.2. The van der Waals surface area contributed by atoms with Crippen LogP contribution in [0.1, 0.15) is 58.9 Å². The molecule has 0 spiro atoms. The van der Waals surface area contributed by atoms with Crippen LogP contribution in [0.2, 0.25) is 10.0 Å². The van der Waals surface area contributed by atoms with Crippen LogP contribution in [-0.2, 0) is 14.3 Å². The third-order valence-electron chi connectivity index (χ3n) is 5.21. The van der Waals surface area contributed by atoms with Crippen LogP contribution in [0.5, 0.6) is 0 Å². The number of carbonyl (C=O) groups excluding carboxylic acids is 2. The number of hydrogen-bond donors (Lipinski definition) is 0. The normalized spacial score (nSPS) is 24.1. The summed E-state index contributed by atoms with van der Waals surface area (Å²) < 4.78 is 5.51. The molecule has 0 bridgehead atoms. The summed E-state index contributed by atoms with van der Waals surface area (Å²) >= 11 is 12.4. The van der Waals surface area contributed by atoms with Gasteiger partial charge < -0.3 is 4.74 Å². The van der Waals surface area contributed by atoms with Gasteiger partial charge in [-0.25, -0.2) is 0 Å². The molecule has 1 aromatic rings. The number of ether oxygens (including phenoxy) is 1. The fourth-order valence-electron chi connectivity index (χ4n) is 4.12. The molecule has 1 heterocycles. The molecule has 2 atom stereocenters. The van der Waals surface area contributed by atoms with E-state index in [-0.39, 0.29) is 23.3 Å². The standard InChI is InChI=1S/C22H25Cl2NO3/c1-11(2)28-21(27)18-12(3)25-16-9-22(4,5)10-17(26)20(16)19(18)13-6-7-14(23)15(24)8-13/h6-8,11,18-19H,9-10H2,1-5H3/t18?,19-/m0/s1. The molecule has 2 aliphatic rings. The highest BCUT2D eigenvalue weighted by Gasteiger charge is 2.46. The molecule has 0 saturated carbocycles. The average Bonchev–Trinajstić information content (AvgIpc) is 2.54. The van der Waals surface area contributed by atoms with Crippen molar-refractivity contribution in [3.05, 3.63) is 45.1 Å². The second-order valence-corrected chi connectivity index (χ2v) is 9.48. The number of hydrogen-bond acceptors (Lipinski definition) is 4. The van der Waals surface area contributed by atoms with Crippen molar-refractivity contribution in [3.63, 3.8) is 0 Å². The molecule has 0 radical (unpaired) electrons. The Bertz CT molecular complexity index is 899. The number of aliphatic imine (C=N–C) groups is 1. The molecule has 0 fully saturated rings. The molecular formula is C22H25Cl2NO3. The third-order valence-corrected chi connectivity index (χ3v) is 5.95. The van der Waals surface area contributed by atoms with Gasteiger partial charge in [0.15, 0.2) is 5.78 Å². The number of benzene rings is 1. The first-order chi connectivity index (χ1) is 13.0. The van der Waals surface area contributed by atoms with Gasteiger partial charge in [0.2, 0.25) is 0 Å². The number of ketones is 1. The summed E-state index contributed by atoms with van der Waals surface area (Å²) in [6.07, 6.45) is 0.852. The van der Waals surface area contributed by atoms with Crippen molar-refractivity contribution in [2.24, 2.45) is 16.3 Å². The van der Waals surface area contributed by atoms with Crippen molar-refractivity contribution in [2.75, 3.05) is 0 Å². The van der Waals surface area contributed by atoms with Crippen LogP contribution < -0.4 is 0 Å². The lowest BCUT2D eigenvalue weighted by atomic mass is 9.67. The maximum atomic E-state index is 13.1. The summed E-state index contributed by atoms with van der Waals surface area (Å²) in [6, 6.07) is 5.26. The number of rotatable bonds is 3. The zero-order valence-electron chi connectivity index (χ0n) is 16.8. The Labute approximate surface area is 176 Å². The van der Waals surface area contributed by atoms with E-state index in [0.29, 0.717) is 34.2 Å². The SMILES string of the molecule is CC1=NC2=C(C(=O)CC(C)(C)C2)[C@@H](c2ccc(Cl)c(Cl)c2)C1C(=O)OC(C)C. The molecule has 1 aliphatic carbocycles. The Morgan fingerprint density at radius 2 is 1.89 bits per heavy atom. The molecule has 1 aromatic carbocycles. The minimum atomic E-state index is -0.663. The second-order valence-electron chi connectivity index (χ2n) is 8.67. The Morgan fingerprint density at radius 3 is 2.50 bits per heavy atom. The van der Waals surface area contributed by atoms with Gasteiger partial charge in [-0.15, -0.1) is 0 Å². The fourth-order valence-corrected chi connectivity index (χ4v) is 4.43.